The highest BCUT2D eigenvalue weighted by Gasteiger charge is 2.13. The maximum atomic E-state index is 9.22. The Hall–Kier alpha value is -3.13. The molecule has 0 saturated carbocycles. The Morgan fingerprint density at radius 3 is 1.88 bits per heavy atom. The van der Waals surface area contributed by atoms with E-state index in [1.165, 1.54) is 6.08 Å². The van der Waals surface area contributed by atoms with Gasteiger partial charge < -0.3 is 18.9 Å². The summed E-state index contributed by atoms with van der Waals surface area (Å²) in [5, 5.41) is 9.22. The lowest BCUT2D eigenvalue weighted by atomic mass is 9.97. The number of allylic oxidation sites excluding steroid dienone is 1. The first-order valence-electron chi connectivity index (χ1n) is 7.81. The molecule has 0 unspecified atom stereocenters. The summed E-state index contributed by atoms with van der Waals surface area (Å²) < 4.78 is 21.6. The highest BCUT2D eigenvalue weighted by molar-refractivity contribution is 5.83. The minimum atomic E-state index is 0.521. The van der Waals surface area contributed by atoms with Crippen molar-refractivity contribution in [2.75, 3.05) is 27.9 Å². The van der Waals surface area contributed by atoms with Crippen molar-refractivity contribution < 1.29 is 18.9 Å². The van der Waals surface area contributed by atoms with Crippen molar-refractivity contribution in [1.82, 2.24) is 0 Å². The summed E-state index contributed by atoms with van der Waals surface area (Å²) in [5.41, 5.74) is 2.44. The number of ether oxygens (including phenoxy) is 4. The maximum Gasteiger partial charge on any atom is 0.161 e. The third kappa shape index (κ3) is 4.04. The molecule has 0 amide bonds. The molecule has 0 saturated heterocycles. The standard InChI is InChI=1S/C20H21NO4/c1-5-25-20-13-15(7-9-18(20)23-3)16(10-11-21)14-6-8-17(22-2)19(12-14)24-4/h6-10,12-13H,5H2,1-4H3/b16-10-. The summed E-state index contributed by atoms with van der Waals surface area (Å²) in [5.74, 6) is 2.51. The Balaban J connectivity index is 2.55. The molecule has 0 bridgehead atoms. The number of rotatable bonds is 7. The normalized spacial score (nSPS) is 10.8. The number of hydrogen-bond donors (Lipinski definition) is 0. The van der Waals surface area contributed by atoms with Crippen LogP contribution in [0.3, 0.4) is 0 Å². The predicted octanol–water partition coefficient (Wildman–Crippen LogP) is 4.07. The van der Waals surface area contributed by atoms with Crippen molar-refractivity contribution >= 4 is 5.57 Å². The molecule has 5 nitrogen and oxygen atoms in total. The lowest BCUT2D eigenvalue weighted by Gasteiger charge is -2.14. The second kappa shape index (κ2) is 8.65. The zero-order valence-electron chi connectivity index (χ0n) is 14.8. The fourth-order valence-corrected chi connectivity index (χ4v) is 2.51. The molecule has 0 aliphatic rings. The first kappa shape index (κ1) is 18.2. The smallest absolute Gasteiger partial charge is 0.161 e. The summed E-state index contributed by atoms with van der Waals surface area (Å²) >= 11 is 0. The van der Waals surface area contributed by atoms with Crippen LogP contribution in [0.1, 0.15) is 18.1 Å². The fraction of sp³-hybridized carbons (Fsp3) is 0.250. The van der Waals surface area contributed by atoms with Gasteiger partial charge in [0.2, 0.25) is 0 Å². The van der Waals surface area contributed by atoms with E-state index in [1.54, 1.807) is 21.3 Å². The van der Waals surface area contributed by atoms with Gasteiger partial charge in [0.25, 0.3) is 0 Å². The molecule has 0 radical (unpaired) electrons. The topological polar surface area (TPSA) is 60.7 Å². The number of methoxy groups -OCH3 is 3. The molecule has 2 aromatic carbocycles. The molecular weight excluding hydrogens is 318 g/mol. The molecule has 0 aliphatic carbocycles. The molecule has 2 rings (SSSR count). The molecule has 0 aromatic heterocycles. The maximum absolute atomic E-state index is 9.22. The molecule has 2 aromatic rings. The Morgan fingerprint density at radius 2 is 1.40 bits per heavy atom. The van der Waals surface area contributed by atoms with Gasteiger partial charge in [-0.15, -0.1) is 0 Å². The van der Waals surface area contributed by atoms with E-state index >= 15 is 0 Å². The Morgan fingerprint density at radius 1 is 0.880 bits per heavy atom. The van der Waals surface area contributed by atoms with E-state index < -0.39 is 0 Å². The number of nitrogens with zero attached hydrogens (tertiary/aromatic N) is 1. The average Bonchev–Trinajstić information content (AvgIpc) is 2.65. The van der Waals surface area contributed by atoms with Crippen molar-refractivity contribution in [3.05, 3.63) is 53.6 Å². The van der Waals surface area contributed by atoms with E-state index in [2.05, 4.69) is 6.07 Å². The summed E-state index contributed by atoms with van der Waals surface area (Å²) in [6.45, 7) is 2.43. The molecule has 0 aliphatic heterocycles. The van der Waals surface area contributed by atoms with Crippen LogP contribution in [-0.4, -0.2) is 27.9 Å². The van der Waals surface area contributed by atoms with Crippen molar-refractivity contribution in [2.24, 2.45) is 0 Å². The second-order valence-corrected chi connectivity index (χ2v) is 5.06. The fourth-order valence-electron chi connectivity index (χ4n) is 2.51. The van der Waals surface area contributed by atoms with Crippen molar-refractivity contribution in [3.63, 3.8) is 0 Å². The van der Waals surface area contributed by atoms with Gasteiger partial charge >= 0.3 is 0 Å². The second-order valence-electron chi connectivity index (χ2n) is 5.06. The minimum Gasteiger partial charge on any atom is -0.493 e. The van der Waals surface area contributed by atoms with E-state index in [0.717, 1.165) is 16.7 Å². The highest BCUT2D eigenvalue weighted by Crippen LogP contribution is 2.36. The van der Waals surface area contributed by atoms with E-state index in [9.17, 15) is 5.26 Å². The van der Waals surface area contributed by atoms with Crippen molar-refractivity contribution in [2.45, 2.75) is 6.92 Å². The monoisotopic (exact) mass is 339 g/mol. The minimum absolute atomic E-state index is 0.521. The van der Waals surface area contributed by atoms with Gasteiger partial charge in [-0.3, -0.25) is 0 Å². The largest absolute Gasteiger partial charge is 0.493 e. The quantitative estimate of drug-likeness (QED) is 0.712. The molecule has 5 heteroatoms. The molecule has 130 valence electrons. The van der Waals surface area contributed by atoms with Crippen molar-refractivity contribution in [3.8, 4) is 29.1 Å². The highest BCUT2D eigenvalue weighted by atomic mass is 16.5. The van der Waals surface area contributed by atoms with E-state index in [4.69, 9.17) is 18.9 Å². The van der Waals surface area contributed by atoms with Gasteiger partial charge in [-0.1, -0.05) is 12.1 Å². The lowest BCUT2D eigenvalue weighted by molar-refractivity contribution is 0.311. The van der Waals surface area contributed by atoms with Crippen LogP contribution in [0.2, 0.25) is 0 Å². The zero-order valence-corrected chi connectivity index (χ0v) is 14.8. The third-order valence-electron chi connectivity index (χ3n) is 3.68. The third-order valence-corrected chi connectivity index (χ3v) is 3.68. The Labute approximate surface area is 148 Å². The van der Waals surface area contributed by atoms with Gasteiger partial charge in [-0.2, -0.15) is 5.26 Å². The van der Waals surface area contributed by atoms with Crippen LogP contribution in [-0.2, 0) is 0 Å². The van der Waals surface area contributed by atoms with Gasteiger partial charge in [0, 0.05) is 6.08 Å². The Kier molecular flexibility index (Phi) is 6.30. The predicted molar refractivity (Wildman–Crippen MR) is 96.4 cm³/mol. The van der Waals surface area contributed by atoms with Gasteiger partial charge in [-0.05, 0) is 47.9 Å². The summed E-state index contributed by atoms with van der Waals surface area (Å²) in [7, 11) is 4.76. The van der Waals surface area contributed by atoms with E-state index in [-0.39, 0.29) is 0 Å². The van der Waals surface area contributed by atoms with Crippen LogP contribution >= 0.6 is 0 Å². The molecule has 25 heavy (non-hydrogen) atoms. The van der Waals surface area contributed by atoms with Crippen LogP contribution in [0.4, 0.5) is 0 Å². The number of benzene rings is 2. The van der Waals surface area contributed by atoms with E-state index in [1.807, 2.05) is 43.3 Å². The summed E-state index contributed by atoms with van der Waals surface area (Å²) in [4.78, 5) is 0. The number of hydrogen-bond acceptors (Lipinski definition) is 5. The van der Waals surface area contributed by atoms with Gasteiger partial charge in [0.1, 0.15) is 0 Å². The van der Waals surface area contributed by atoms with Crippen LogP contribution in [0.25, 0.3) is 5.57 Å². The van der Waals surface area contributed by atoms with E-state index in [0.29, 0.717) is 29.6 Å². The Bertz CT molecular complexity index is 806. The van der Waals surface area contributed by atoms with Crippen LogP contribution < -0.4 is 18.9 Å². The SMILES string of the molecule is CCOc1cc(/C(=C\C#N)c2ccc(OC)c(OC)c2)ccc1OC. The van der Waals surface area contributed by atoms with Gasteiger partial charge in [0.15, 0.2) is 23.0 Å². The van der Waals surface area contributed by atoms with Gasteiger partial charge in [0.05, 0.1) is 34.0 Å². The molecule has 0 atom stereocenters. The number of nitriles is 1. The van der Waals surface area contributed by atoms with Crippen LogP contribution in [0, 0.1) is 11.3 Å². The summed E-state index contributed by atoms with van der Waals surface area (Å²) in [6.07, 6.45) is 1.50. The molecule has 0 N–H and O–H groups in total. The molecular formula is C20H21NO4. The van der Waals surface area contributed by atoms with Crippen LogP contribution in [0.5, 0.6) is 23.0 Å². The first-order chi connectivity index (χ1) is 12.2. The summed E-state index contributed by atoms with van der Waals surface area (Å²) in [6, 6.07) is 13.2. The first-order valence-corrected chi connectivity index (χ1v) is 7.81. The molecule has 0 heterocycles. The van der Waals surface area contributed by atoms with Crippen molar-refractivity contribution in [1.29, 1.82) is 5.26 Å². The lowest BCUT2D eigenvalue weighted by Crippen LogP contribution is -1.98. The molecule has 0 fully saturated rings. The zero-order chi connectivity index (χ0) is 18.2. The van der Waals surface area contributed by atoms with Gasteiger partial charge in [-0.25, -0.2) is 0 Å². The van der Waals surface area contributed by atoms with Crippen LogP contribution in [0.15, 0.2) is 42.5 Å². The molecule has 0 spiro atoms. The average molecular weight is 339 g/mol.